The Morgan fingerprint density at radius 1 is 1.32 bits per heavy atom. The molecule has 3 rings (SSSR count). The monoisotopic (exact) mass is 363 g/mol. The predicted octanol–water partition coefficient (Wildman–Crippen LogP) is 3.38. The van der Waals surface area contributed by atoms with Crippen LogP contribution in [0, 0.1) is 25.5 Å². The number of carbonyl (C=O) groups excluding carboxylic acids is 1. The summed E-state index contributed by atoms with van der Waals surface area (Å²) < 4.78 is 27.8. The lowest BCUT2D eigenvalue weighted by Gasteiger charge is -2.08. The minimum atomic E-state index is -0.849. The van der Waals surface area contributed by atoms with Crippen LogP contribution in [0.25, 0.3) is 10.2 Å². The molecule has 0 aliphatic carbocycles. The maximum Gasteiger partial charge on any atom is 0.262 e. The zero-order chi connectivity index (χ0) is 18.1. The van der Waals surface area contributed by atoms with E-state index < -0.39 is 17.5 Å². The van der Waals surface area contributed by atoms with E-state index >= 15 is 0 Å². The molecule has 2 heterocycles. The summed E-state index contributed by atoms with van der Waals surface area (Å²) in [7, 11) is 0. The number of halogens is 2. The third-order valence-electron chi connectivity index (χ3n) is 3.94. The fourth-order valence-corrected chi connectivity index (χ4v) is 3.44. The minimum absolute atomic E-state index is 0.0356. The average molecular weight is 363 g/mol. The Labute approximate surface area is 145 Å². The van der Waals surface area contributed by atoms with E-state index in [0.29, 0.717) is 16.3 Å². The average Bonchev–Trinajstić information content (AvgIpc) is 2.85. The van der Waals surface area contributed by atoms with Crippen LogP contribution in [0.2, 0.25) is 0 Å². The van der Waals surface area contributed by atoms with Crippen molar-refractivity contribution < 1.29 is 13.6 Å². The first-order chi connectivity index (χ1) is 11.9. The number of aryl methyl sites for hydroxylation is 3. The van der Waals surface area contributed by atoms with Crippen molar-refractivity contribution in [3.8, 4) is 0 Å². The predicted molar refractivity (Wildman–Crippen MR) is 93.0 cm³/mol. The molecule has 3 aromatic rings. The Morgan fingerprint density at radius 2 is 2.08 bits per heavy atom. The number of anilines is 1. The highest BCUT2D eigenvalue weighted by Gasteiger charge is 2.13. The molecule has 25 heavy (non-hydrogen) atoms. The van der Waals surface area contributed by atoms with E-state index in [1.807, 2.05) is 13.8 Å². The van der Waals surface area contributed by atoms with E-state index in [9.17, 15) is 18.4 Å². The van der Waals surface area contributed by atoms with Gasteiger partial charge in [0.1, 0.15) is 16.5 Å². The number of amides is 1. The first kappa shape index (κ1) is 17.2. The quantitative estimate of drug-likeness (QED) is 0.773. The summed E-state index contributed by atoms with van der Waals surface area (Å²) in [6, 6.07) is 2.90. The number of rotatable bonds is 4. The van der Waals surface area contributed by atoms with E-state index in [1.165, 1.54) is 22.2 Å². The van der Waals surface area contributed by atoms with E-state index in [4.69, 9.17) is 0 Å². The molecule has 1 aromatic carbocycles. The Morgan fingerprint density at radius 3 is 2.80 bits per heavy atom. The minimum Gasteiger partial charge on any atom is -0.324 e. The summed E-state index contributed by atoms with van der Waals surface area (Å²) in [4.78, 5) is 30.4. The van der Waals surface area contributed by atoms with Crippen LogP contribution in [0.4, 0.5) is 14.5 Å². The molecule has 2 aromatic heterocycles. The third kappa shape index (κ3) is 3.43. The van der Waals surface area contributed by atoms with Crippen LogP contribution in [-0.2, 0) is 11.3 Å². The van der Waals surface area contributed by atoms with Crippen LogP contribution in [0.1, 0.15) is 16.9 Å². The molecule has 0 saturated heterocycles. The van der Waals surface area contributed by atoms with Crippen molar-refractivity contribution in [3.05, 3.63) is 57.0 Å². The highest BCUT2D eigenvalue weighted by atomic mass is 32.1. The highest BCUT2D eigenvalue weighted by molar-refractivity contribution is 7.18. The van der Waals surface area contributed by atoms with Crippen LogP contribution < -0.4 is 10.9 Å². The van der Waals surface area contributed by atoms with Gasteiger partial charge >= 0.3 is 0 Å². The molecule has 130 valence electrons. The van der Waals surface area contributed by atoms with E-state index in [1.54, 1.807) is 0 Å². The van der Waals surface area contributed by atoms with Gasteiger partial charge in [-0.15, -0.1) is 11.3 Å². The van der Waals surface area contributed by atoms with Gasteiger partial charge in [-0.1, -0.05) is 0 Å². The molecule has 0 aliphatic rings. The van der Waals surface area contributed by atoms with Gasteiger partial charge in [-0.25, -0.2) is 13.8 Å². The zero-order valence-electron chi connectivity index (χ0n) is 13.6. The topological polar surface area (TPSA) is 64.0 Å². The third-order valence-corrected chi connectivity index (χ3v) is 5.06. The van der Waals surface area contributed by atoms with Crippen LogP contribution in [0.5, 0.6) is 0 Å². The molecular weight excluding hydrogens is 348 g/mol. The Hall–Kier alpha value is -2.61. The van der Waals surface area contributed by atoms with Gasteiger partial charge in [-0.2, -0.15) is 0 Å². The fraction of sp³-hybridized carbons (Fsp3) is 0.235. The van der Waals surface area contributed by atoms with Gasteiger partial charge in [0, 0.05) is 23.9 Å². The summed E-state index contributed by atoms with van der Waals surface area (Å²) in [6.45, 7) is 3.91. The lowest BCUT2D eigenvalue weighted by atomic mass is 10.2. The SMILES string of the molecule is Cc1sc2ncn(CCC(=O)Nc3ccc(F)cc3F)c(=O)c2c1C. The van der Waals surface area contributed by atoms with Crippen molar-refractivity contribution in [1.29, 1.82) is 0 Å². The number of nitrogens with one attached hydrogen (secondary N) is 1. The standard InChI is InChI=1S/C17H15F2N3O2S/c1-9-10(2)25-16-15(9)17(24)22(8-20-16)6-5-14(23)21-13-4-3-11(18)7-12(13)19/h3-4,7-8H,5-6H2,1-2H3,(H,21,23). The van der Waals surface area contributed by atoms with Gasteiger partial charge in [0.25, 0.3) is 5.56 Å². The largest absolute Gasteiger partial charge is 0.324 e. The molecule has 8 heteroatoms. The lowest BCUT2D eigenvalue weighted by Crippen LogP contribution is -2.23. The molecule has 0 unspecified atom stereocenters. The van der Waals surface area contributed by atoms with Crippen LogP contribution in [0.15, 0.2) is 29.3 Å². The van der Waals surface area contributed by atoms with Gasteiger partial charge in [-0.05, 0) is 31.5 Å². The Balaban J connectivity index is 1.74. The highest BCUT2D eigenvalue weighted by Crippen LogP contribution is 2.25. The van der Waals surface area contributed by atoms with Crippen molar-refractivity contribution in [1.82, 2.24) is 9.55 Å². The number of carbonyl (C=O) groups is 1. The summed E-state index contributed by atoms with van der Waals surface area (Å²) >= 11 is 1.45. The Kier molecular flexibility index (Phi) is 4.63. The van der Waals surface area contributed by atoms with Crippen molar-refractivity contribution in [3.63, 3.8) is 0 Å². The molecule has 1 N–H and O–H groups in total. The molecular formula is C17H15F2N3O2S. The molecule has 0 aliphatic heterocycles. The second kappa shape index (κ2) is 6.72. The van der Waals surface area contributed by atoms with Gasteiger partial charge in [0.2, 0.25) is 5.91 Å². The maximum atomic E-state index is 13.5. The van der Waals surface area contributed by atoms with Crippen molar-refractivity contribution in [2.75, 3.05) is 5.32 Å². The molecule has 5 nitrogen and oxygen atoms in total. The second-order valence-corrected chi connectivity index (χ2v) is 6.83. The van der Waals surface area contributed by atoms with E-state index in [0.717, 1.165) is 22.6 Å². The number of hydrogen-bond donors (Lipinski definition) is 1. The van der Waals surface area contributed by atoms with E-state index in [2.05, 4.69) is 10.3 Å². The van der Waals surface area contributed by atoms with Crippen molar-refractivity contribution in [2.24, 2.45) is 0 Å². The molecule has 0 spiro atoms. The lowest BCUT2D eigenvalue weighted by molar-refractivity contribution is -0.116. The number of fused-ring (bicyclic) bond motifs is 1. The molecule has 0 bridgehead atoms. The first-order valence-corrected chi connectivity index (χ1v) is 8.38. The zero-order valence-corrected chi connectivity index (χ0v) is 14.4. The number of nitrogens with zero attached hydrogens (tertiary/aromatic N) is 2. The van der Waals surface area contributed by atoms with Gasteiger partial charge < -0.3 is 5.32 Å². The smallest absolute Gasteiger partial charge is 0.262 e. The summed E-state index contributed by atoms with van der Waals surface area (Å²) in [6.07, 6.45) is 1.37. The normalized spacial score (nSPS) is 11.0. The number of aromatic nitrogens is 2. The molecule has 0 fully saturated rings. The molecule has 1 amide bonds. The van der Waals surface area contributed by atoms with E-state index in [-0.39, 0.29) is 24.2 Å². The summed E-state index contributed by atoms with van der Waals surface area (Å²) in [5, 5.41) is 2.93. The first-order valence-electron chi connectivity index (χ1n) is 7.57. The molecule has 0 saturated carbocycles. The molecule has 0 atom stereocenters. The summed E-state index contributed by atoms with van der Waals surface area (Å²) in [5.74, 6) is -2.04. The van der Waals surface area contributed by atoms with Crippen molar-refractivity contribution in [2.45, 2.75) is 26.8 Å². The second-order valence-electron chi connectivity index (χ2n) is 5.63. The van der Waals surface area contributed by atoms with Crippen LogP contribution >= 0.6 is 11.3 Å². The van der Waals surface area contributed by atoms with Gasteiger partial charge in [-0.3, -0.25) is 14.2 Å². The maximum absolute atomic E-state index is 13.5. The summed E-state index contributed by atoms with van der Waals surface area (Å²) in [5.41, 5.74) is 0.592. The Bertz CT molecular complexity index is 1030. The van der Waals surface area contributed by atoms with Crippen molar-refractivity contribution >= 4 is 33.1 Å². The fourth-order valence-electron chi connectivity index (χ4n) is 2.45. The van der Waals surface area contributed by atoms with Gasteiger partial charge in [0.05, 0.1) is 17.4 Å². The van der Waals surface area contributed by atoms with Crippen LogP contribution in [-0.4, -0.2) is 15.5 Å². The number of benzene rings is 1. The van der Waals surface area contributed by atoms with Gasteiger partial charge in [0.15, 0.2) is 0 Å². The molecule has 0 radical (unpaired) electrons. The van der Waals surface area contributed by atoms with Crippen LogP contribution in [0.3, 0.4) is 0 Å². The number of thiophene rings is 1. The number of hydrogen-bond acceptors (Lipinski definition) is 4.